The number of hydrogen-bond acceptors (Lipinski definition) is 7. The predicted molar refractivity (Wildman–Crippen MR) is 131 cm³/mol. The van der Waals surface area contributed by atoms with Gasteiger partial charge in [-0.05, 0) is 48.9 Å². The highest BCUT2D eigenvalue weighted by molar-refractivity contribution is 6.13. The van der Waals surface area contributed by atoms with E-state index in [1.165, 1.54) is 0 Å². The van der Waals surface area contributed by atoms with Crippen LogP contribution in [-0.4, -0.2) is 39.9 Å². The van der Waals surface area contributed by atoms with Crippen LogP contribution >= 0.6 is 0 Å². The lowest BCUT2D eigenvalue weighted by Crippen LogP contribution is -2.14. The monoisotopic (exact) mass is 469 g/mol. The molecule has 4 aromatic heterocycles. The van der Waals surface area contributed by atoms with Gasteiger partial charge in [0.15, 0.2) is 17.1 Å². The zero-order valence-electron chi connectivity index (χ0n) is 19.5. The Bertz CT molecular complexity index is 1490. The van der Waals surface area contributed by atoms with Crippen LogP contribution in [-0.2, 0) is 6.54 Å². The summed E-state index contributed by atoms with van der Waals surface area (Å²) in [6, 6.07) is 12.7. The minimum absolute atomic E-state index is 0.296. The molecule has 0 saturated carbocycles. The first kappa shape index (κ1) is 22.1. The second kappa shape index (κ2) is 9.30. The fourth-order valence-corrected chi connectivity index (χ4v) is 3.87. The molecule has 176 valence electrons. The van der Waals surface area contributed by atoms with Gasteiger partial charge in [-0.1, -0.05) is 0 Å². The van der Waals surface area contributed by atoms with Crippen LogP contribution < -0.4 is 14.8 Å². The van der Waals surface area contributed by atoms with Crippen LogP contribution in [0.4, 0.5) is 5.69 Å². The highest BCUT2D eigenvalue weighted by Gasteiger charge is 2.20. The number of anilines is 1. The van der Waals surface area contributed by atoms with Crippen molar-refractivity contribution in [1.29, 1.82) is 0 Å². The molecule has 0 aliphatic carbocycles. The molecule has 0 fully saturated rings. The molecule has 1 N–H and O–H groups in total. The Morgan fingerprint density at radius 3 is 2.63 bits per heavy atom. The number of nitrogens with zero attached hydrogens (tertiary/aromatic N) is 4. The topological polar surface area (TPSA) is 104 Å². The number of hydrogen-bond donors (Lipinski definition) is 1. The third kappa shape index (κ3) is 4.31. The molecule has 0 radical (unpaired) electrons. The van der Waals surface area contributed by atoms with E-state index in [-0.39, 0.29) is 5.91 Å². The van der Waals surface area contributed by atoms with Crippen molar-refractivity contribution in [2.75, 3.05) is 19.5 Å². The number of methoxy groups -OCH3 is 2. The van der Waals surface area contributed by atoms with Crippen molar-refractivity contribution >= 4 is 22.6 Å². The summed E-state index contributed by atoms with van der Waals surface area (Å²) >= 11 is 0. The summed E-state index contributed by atoms with van der Waals surface area (Å²) in [5.74, 6) is 1.55. The van der Waals surface area contributed by atoms with Gasteiger partial charge in [-0.15, -0.1) is 0 Å². The lowest BCUT2D eigenvalue weighted by molar-refractivity contribution is 0.102. The van der Waals surface area contributed by atoms with Gasteiger partial charge in [-0.3, -0.25) is 9.78 Å². The number of furan rings is 1. The van der Waals surface area contributed by atoms with Crippen LogP contribution in [0.5, 0.6) is 11.5 Å². The number of aryl methyl sites for hydroxylation is 1. The van der Waals surface area contributed by atoms with Gasteiger partial charge >= 0.3 is 0 Å². The molecule has 0 spiro atoms. The molecule has 1 aromatic carbocycles. The standard InChI is InChI=1S/C26H23N5O4/c1-16-10-23(33-2)24(34-3)12-21(16)30-26(32)19-11-22(17-6-4-8-27-13-17)29-25-20(19)14-28-31(25)15-18-7-5-9-35-18/h4-14H,15H2,1-3H3,(H,30,32). The van der Waals surface area contributed by atoms with E-state index in [1.54, 1.807) is 55.9 Å². The van der Waals surface area contributed by atoms with Gasteiger partial charge in [0.1, 0.15) is 12.3 Å². The molecular formula is C26H23N5O4. The molecule has 0 atom stereocenters. The third-order valence-electron chi connectivity index (χ3n) is 5.68. The number of benzene rings is 1. The van der Waals surface area contributed by atoms with Crippen LogP contribution in [0.3, 0.4) is 0 Å². The molecule has 9 heteroatoms. The first-order valence-corrected chi connectivity index (χ1v) is 10.9. The Morgan fingerprint density at radius 2 is 1.91 bits per heavy atom. The molecule has 1 amide bonds. The Kier molecular flexibility index (Phi) is 5.88. The summed E-state index contributed by atoms with van der Waals surface area (Å²) in [4.78, 5) is 22.6. The van der Waals surface area contributed by atoms with Gasteiger partial charge in [0.2, 0.25) is 0 Å². The van der Waals surface area contributed by atoms with Gasteiger partial charge in [0.05, 0.1) is 43.3 Å². The molecule has 0 aliphatic rings. The molecule has 5 rings (SSSR count). The molecule has 4 heterocycles. The Hall–Kier alpha value is -4.66. The highest BCUT2D eigenvalue weighted by Crippen LogP contribution is 2.33. The number of aromatic nitrogens is 4. The highest BCUT2D eigenvalue weighted by atomic mass is 16.5. The van der Waals surface area contributed by atoms with E-state index >= 15 is 0 Å². The normalized spacial score (nSPS) is 10.9. The SMILES string of the molecule is COc1cc(C)c(NC(=O)c2cc(-c3cccnc3)nc3c2cnn3Cc2ccco2)cc1OC. The molecule has 0 bridgehead atoms. The van der Waals surface area contributed by atoms with Crippen LogP contribution in [0.15, 0.2) is 71.7 Å². The zero-order chi connectivity index (χ0) is 24.4. The van der Waals surface area contributed by atoms with Crippen molar-refractivity contribution < 1.29 is 18.7 Å². The number of nitrogens with one attached hydrogen (secondary N) is 1. The molecular weight excluding hydrogens is 446 g/mol. The third-order valence-corrected chi connectivity index (χ3v) is 5.68. The summed E-state index contributed by atoms with van der Waals surface area (Å²) in [6.07, 6.45) is 6.66. The quantitative estimate of drug-likeness (QED) is 0.368. The van der Waals surface area contributed by atoms with E-state index in [0.717, 1.165) is 16.9 Å². The second-order valence-corrected chi connectivity index (χ2v) is 7.89. The van der Waals surface area contributed by atoms with Crippen LogP contribution in [0.2, 0.25) is 0 Å². The van der Waals surface area contributed by atoms with Gasteiger partial charge in [-0.25, -0.2) is 9.67 Å². The summed E-state index contributed by atoms with van der Waals surface area (Å²) in [6.45, 7) is 2.28. The maximum Gasteiger partial charge on any atom is 0.256 e. The summed E-state index contributed by atoms with van der Waals surface area (Å²) in [5, 5.41) is 8.11. The van der Waals surface area contributed by atoms with Crippen molar-refractivity contribution in [3.63, 3.8) is 0 Å². The van der Waals surface area contributed by atoms with Crippen molar-refractivity contribution in [2.45, 2.75) is 13.5 Å². The van der Waals surface area contributed by atoms with Gasteiger partial charge < -0.3 is 19.2 Å². The number of carbonyl (C=O) groups excluding carboxylic acids is 1. The molecule has 0 unspecified atom stereocenters. The van der Waals surface area contributed by atoms with E-state index in [1.807, 2.05) is 37.3 Å². The van der Waals surface area contributed by atoms with Gasteiger partial charge in [-0.2, -0.15) is 5.10 Å². The number of pyridine rings is 2. The first-order chi connectivity index (χ1) is 17.1. The van der Waals surface area contributed by atoms with E-state index in [0.29, 0.717) is 46.0 Å². The van der Waals surface area contributed by atoms with E-state index in [4.69, 9.17) is 18.9 Å². The predicted octanol–water partition coefficient (Wildman–Crippen LogP) is 4.71. The number of amides is 1. The minimum atomic E-state index is -0.296. The number of ether oxygens (including phenoxy) is 2. The van der Waals surface area contributed by atoms with E-state index in [9.17, 15) is 4.79 Å². The number of carbonyl (C=O) groups is 1. The van der Waals surface area contributed by atoms with Crippen LogP contribution in [0.1, 0.15) is 21.7 Å². The van der Waals surface area contributed by atoms with Gasteiger partial charge in [0, 0.05) is 29.7 Å². The lowest BCUT2D eigenvalue weighted by Gasteiger charge is -2.14. The first-order valence-electron chi connectivity index (χ1n) is 10.9. The Balaban J connectivity index is 1.59. The van der Waals surface area contributed by atoms with E-state index in [2.05, 4.69) is 15.4 Å². The molecule has 0 saturated heterocycles. The van der Waals surface area contributed by atoms with E-state index < -0.39 is 0 Å². The number of fused-ring (bicyclic) bond motifs is 1. The molecule has 0 aliphatic heterocycles. The van der Waals surface area contributed by atoms with Crippen LogP contribution in [0, 0.1) is 6.92 Å². The van der Waals surface area contributed by atoms with Crippen molar-refractivity contribution in [3.05, 3.63) is 84.2 Å². The lowest BCUT2D eigenvalue weighted by atomic mass is 10.1. The molecule has 5 aromatic rings. The fraction of sp³-hybridized carbons (Fsp3) is 0.154. The minimum Gasteiger partial charge on any atom is -0.493 e. The average Bonchev–Trinajstić information content (AvgIpc) is 3.55. The number of rotatable bonds is 7. The van der Waals surface area contributed by atoms with Crippen molar-refractivity contribution in [1.82, 2.24) is 19.7 Å². The zero-order valence-corrected chi connectivity index (χ0v) is 19.5. The molecule has 35 heavy (non-hydrogen) atoms. The Morgan fingerprint density at radius 1 is 1.09 bits per heavy atom. The van der Waals surface area contributed by atoms with Crippen molar-refractivity contribution in [2.24, 2.45) is 0 Å². The maximum atomic E-state index is 13.6. The second-order valence-electron chi connectivity index (χ2n) is 7.89. The summed E-state index contributed by atoms with van der Waals surface area (Å²) < 4.78 is 18.0. The smallest absolute Gasteiger partial charge is 0.256 e. The van der Waals surface area contributed by atoms with Gasteiger partial charge in [0.25, 0.3) is 5.91 Å². The largest absolute Gasteiger partial charge is 0.493 e. The summed E-state index contributed by atoms with van der Waals surface area (Å²) in [5.41, 5.74) is 3.86. The fourth-order valence-electron chi connectivity index (χ4n) is 3.87. The Labute approximate surface area is 201 Å². The maximum absolute atomic E-state index is 13.6. The molecule has 9 nitrogen and oxygen atoms in total. The average molecular weight is 470 g/mol. The van der Waals surface area contributed by atoms with Crippen LogP contribution in [0.25, 0.3) is 22.3 Å². The van der Waals surface area contributed by atoms with Crippen molar-refractivity contribution in [3.8, 4) is 22.8 Å². The summed E-state index contributed by atoms with van der Waals surface area (Å²) in [7, 11) is 3.13.